The summed E-state index contributed by atoms with van der Waals surface area (Å²) in [4.78, 5) is 14.6. The Morgan fingerprint density at radius 3 is 2.36 bits per heavy atom. The minimum Gasteiger partial charge on any atom is -0.311 e. The molecule has 7 nitrogen and oxygen atoms in total. The van der Waals surface area contributed by atoms with Crippen molar-refractivity contribution in [2.45, 2.75) is 19.5 Å². The Morgan fingerprint density at radius 1 is 0.929 bits per heavy atom. The van der Waals surface area contributed by atoms with Crippen molar-refractivity contribution in [1.29, 1.82) is 0 Å². The first-order valence-electron chi connectivity index (χ1n) is 9.63. The van der Waals surface area contributed by atoms with E-state index in [9.17, 15) is 13.2 Å². The summed E-state index contributed by atoms with van der Waals surface area (Å²) in [7, 11) is -1.47. The molecular formula is C20H26N4O3S. The van der Waals surface area contributed by atoms with Crippen molar-refractivity contribution in [3.05, 3.63) is 69.6 Å². The topological polar surface area (TPSA) is 65.9 Å². The summed E-state index contributed by atoms with van der Waals surface area (Å²) < 4.78 is 30.9. The minimum absolute atomic E-state index is 0.0435. The van der Waals surface area contributed by atoms with Gasteiger partial charge in [-0.15, -0.1) is 0 Å². The van der Waals surface area contributed by atoms with Crippen LogP contribution >= 0.6 is 0 Å². The molecule has 2 aliphatic rings. The second-order valence-electron chi connectivity index (χ2n) is 7.57. The zero-order valence-corrected chi connectivity index (χ0v) is 16.9. The predicted molar refractivity (Wildman–Crippen MR) is 108 cm³/mol. The molecule has 150 valence electrons. The summed E-state index contributed by atoms with van der Waals surface area (Å²) in [5.41, 5.74) is 2.87. The molecule has 0 N–H and O–H groups in total. The molecule has 2 aliphatic heterocycles. The Balaban J connectivity index is 1.56. The molecule has 0 radical (unpaired) electrons. The van der Waals surface area contributed by atoms with Gasteiger partial charge >= 0.3 is 0 Å². The lowest BCUT2D eigenvalue weighted by Gasteiger charge is -2.37. The van der Waals surface area contributed by atoms with Gasteiger partial charge in [-0.1, -0.05) is 30.3 Å². The highest BCUT2D eigenvalue weighted by atomic mass is 32.2. The first-order chi connectivity index (χ1) is 13.4. The Labute approximate surface area is 166 Å². The monoisotopic (exact) mass is 402 g/mol. The van der Waals surface area contributed by atoms with E-state index >= 15 is 0 Å². The van der Waals surface area contributed by atoms with Gasteiger partial charge in [0.25, 0.3) is 15.8 Å². The van der Waals surface area contributed by atoms with E-state index < -0.39 is 10.2 Å². The van der Waals surface area contributed by atoms with Gasteiger partial charge in [0.05, 0.1) is 6.54 Å². The second kappa shape index (κ2) is 7.79. The molecule has 3 heterocycles. The summed E-state index contributed by atoms with van der Waals surface area (Å²) >= 11 is 0. The summed E-state index contributed by atoms with van der Waals surface area (Å²) in [5.74, 6) is 0. The van der Waals surface area contributed by atoms with Gasteiger partial charge in [0, 0.05) is 51.5 Å². The maximum Gasteiger partial charge on any atom is 0.282 e. The van der Waals surface area contributed by atoms with Crippen molar-refractivity contribution < 1.29 is 8.42 Å². The van der Waals surface area contributed by atoms with Gasteiger partial charge in [0.2, 0.25) is 0 Å². The average Bonchev–Trinajstić information content (AvgIpc) is 2.69. The lowest BCUT2D eigenvalue weighted by atomic mass is 10.0. The van der Waals surface area contributed by atoms with E-state index in [-0.39, 0.29) is 5.56 Å². The number of aromatic nitrogens is 1. The highest BCUT2D eigenvalue weighted by Gasteiger charge is 2.34. The molecule has 4 rings (SSSR count). The third-order valence-corrected chi connectivity index (χ3v) is 7.57. The van der Waals surface area contributed by atoms with Gasteiger partial charge in [0.15, 0.2) is 0 Å². The van der Waals surface area contributed by atoms with Crippen molar-refractivity contribution in [2.75, 3.05) is 39.8 Å². The molecule has 1 fully saturated rings. The van der Waals surface area contributed by atoms with Crippen molar-refractivity contribution >= 4 is 10.2 Å². The van der Waals surface area contributed by atoms with Gasteiger partial charge < -0.3 is 9.47 Å². The molecule has 28 heavy (non-hydrogen) atoms. The fraction of sp³-hybridized carbons (Fsp3) is 0.450. The molecule has 2 aromatic rings. The number of likely N-dealkylation sites (N-methyl/N-ethyl adjacent to an activating group) is 1. The Hall–Kier alpha value is -2.00. The zero-order chi connectivity index (χ0) is 19.7. The normalized spacial score (nSPS) is 19.5. The molecule has 0 atom stereocenters. The highest BCUT2D eigenvalue weighted by Crippen LogP contribution is 2.22. The predicted octanol–water partition coefficient (Wildman–Crippen LogP) is 0.747. The smallest absolute Gasteiger partial charge is 0.282 e. The van der Waals surface area contributed by atoms with E-state index in [2.05, 4.69) is 4.90 Å². The van der Waals surface area contributed by atoms with E-state index in [1.165, 1.54) is 0 Å². The molecule has 0 saturated carbocycles. The van der Waals surface area contributed by atoms with E-state index in [0.717, 1.165) is 29.8 Å². The molecular weight excluding hydrogens is 376 g/mol. The van der Waals surface area contributed by atoms with Crippen LogP contribution in [0.15, 0.2) is 47.4 Å². The molecule has 0 spiro atoms. The van der Waals surface area contributed by atoms with Crippen molar-refractivity contribution in [2.24, 2.45) is 0 Å². The van der Waals surface area contributed by atoms with E-state index in [1.807, 2.05) is 43.6 Å². The first kappa shape index (κ1) is 19.3. The Kier molecular flexibility index (Phi) is 5.37. The van der Waals surface area contributed by atoms with Crippen molar-refractivity contribution in [3.8, 4) is 0 Å². The number of hydrogen-bond acceptors (Lipinski definition) is 4. The average molecular weight is 403 g/mol. The summed E-state index contributed by atoms with van der Waals surface area (Å²) in [6.45, 7) is 3.77. The van der Waals surface area contributed by atoms with Crippen LogP contribution in [0, 0.1) is 0 Å². The van der Waals surface area contributed by atoms with Crippen LogP contribution in [0.2, 0.25) is 0 Å². The van der Waals surface area contributed by atoms with Gasteiger partial charge in [-0.3, -0.25) is 4.79 Å². The first-order valence-corrected chi connectivity index (χ1v) is 11.0. The fourth-order valence-corrected chi connectivity index (χ4v) is 5.41. The van der Waals surface area contributed by atoms with E-state index in [4.69, 9.17) is 0 Å². The Morgan fingerprint density at radius 2 is 1.64 bits per heavy atom. The molecule has 0 bridgehead atoms. The van der Waals surface area contributed by atoms with Crippen LogP contribution in [0.1, 0.15) is 16.7 Å². The lowest BCUT2D eigenvalue weighted by Crippen LogP contribution is -2.53. The summed E-state index contributed by atoms with van der Waals surface area (Å²) in [6, 6.07) is 11.5. The standard InChI is InChI=1S/C20H26N4O3S/c1-21-9-11-23(12-10-21)28(26,27)24-8-7-18-13-20(25)22(15-19(18)16-24)14-17-5-3-2-4-6-17/h2-6,13,15H,7-12,14,16H2,1H3. The van der Waals surface area contributed by atoms with E-state index in [1.54, 1.807) is 19.2 Å². The number of benzene rings is 1. The van der Waals surface area contributed by atoms with E-state index in [0.29, 0.717) is 39.1 Å². The minimum atomic E-state index is -3.48. The summed E-state index contributed by atoms with van der Waals surface area (Å²) in [6.07, 6.45) is 2.40. The van der Waals surface area contributed by atoms with Crippen molar-refractivity contribution in [1.82, 2.24) is 18.1 Å². The van der Waals surface area contributed by atoms with Gasteiger partial charge in [-0.25, -0.2) is 0 Å². The summed E-state index contributed by atoms with van der Waals surface area (Å²) in [5, 5.41) is 0. The van der Waals surface area contributed by atoms with Gasteiger partial charge in [-0.2, -0.15) is 17.0 Å². The van der Waals surface area contributed by atoms with Crippen LogP contribution in [0.4, 0.5) is 0 Å². The van der Waals surface area contributed by atoms with Crippen LogP contribution in [0.3, 0.4) is 0 Å². The number of pyridine rings is 1. The number of nitrogens with zero attached hydrogens (tertiary/aromatic N) is 4. The third kappa shape index (κ3) is 3.91. The number of piperazine rings is 1. The molecule has 1 aromatic heterocycles. The number of rotatable bonds is 4. The quantitative estimate of drug-likeness (QED) is 0.757. The highest BCUT2D eigenvalue weighted by molar-refractivity contribution is 7.86. The van der Waals surface area contributed by atoms with Crippen LogP contribution in [-0.4, -0.2) is 66.3 Å². The molecule has 0 unspecified atom stereocenters. The van der Waals surface area contributed by atoms with Gasteiger partial charge in [-0.05, 0) is 30.2 Å². The lowest BCUT2D eigenvalue weighted by molar-refractivity contribution is 0.209. The maximum absolute atomic E-state index is 13.1. The molecule has 8 heteroatoms. The van der Waals surface area contributed by atoms with Crippen LogP contribution in [0.5, 0.6) is 0 Å². The number of hydrogen-bond donors (Lipinski definition) is 0. The molecule has 1 aromatic carbocycles. The zero-order valence-electron chi connectivity index (χ0n) is 16.1. The molecule has 0 aliphatic carbocycles. The third-order valence-electron chi connectivity index (χ3n) is 5.59. The maximum atomic E-state index is 13.1. The molecule has 1 saturated heterocycles. The molecule has 0 amide bonds. The second-order valence-corrected chi connectivity index (χ2v) is 9.50. The van der Waals surface area contributed by atoms with Gasteiger partial charge in [0.1, 0.15) is 0 Å². The largest absolute Gasteiger partial charge is 0.311 e. The van der Waals surface area contributed by atoms with Crippen LogP contribution in [-0.2, 0) is 29.7 Å². The van der Waals surface area contributed by atoms with Crippen LogP contribution in [0.25, 0.3) is 0 Å². The SMILES string of the molecule is CN1CCN(S(=O)(=O)N2CCc3cc(=O)n(Cc4ccccc4)cc3C2)CC1. The van der Waals surface area contributed by atoms with Crippen molar-refractivity contribution in [3.63, 3.8) is 0 Å². The number of fused-ring (bicyclic) bond motifs is 1. The Bertz CT molecular complexity index is 996. The van der Waals surface area contributed by atoms with Crippen LogP contribution < -0.4 is 5.56 Å². The fourth-order valence-electron chi connectivity index (χ4n) is 3.83.